The van der Waals surface area contributed by atoms with E-state index in [1.165, 1.54) is 12.1 Å². The molecule has 0 aromatic heterocycles. The van der Waals surface area contributed by atoms with Gasteiger partial charge < -0.3 is 24.8 Å². The van der Waals surface area contributed by atoms with Crippen molar-refractivity contribution in [2.24, 2.45) is 4.40 Å². The van der Waals surface area contributed by atoms with Crippen LogP contribution in [0.2, 0.25) is 0 Å². The van der Waals surface area contributed by atoms with Crippen molar-refractivity contribution in [3.63, 3.8) is 0 Å². The van der Waals surface area contributed by atoms with Gasteiger partial charge in [-0.05, 0) is 43.2 Å². The number of fused-ring (bicyclic) bond motifs is 1. The summed E-state index contributed by atoms with van der Waals surface area (Å²) in [4.78, 5) is 12.5. The number of anilines is 1. The molecule has 0 unspecified atom stereocenters. The molecule has 0 fully saturated rings. The highest BCUT2D eigenvalue weighted by Gasteiger charge is 2.28. The molecule has 0 radical (unpaired) electrons. The van der Waals surface area contributed by atoms with Gasteiger partial charge in [-0.3, -0.25) is 4.79 Å². The standard InChI is InChI=1S/C20H23N3O6S/c1-4-29-14-6-8-18-15(12-14)22-19(23-30(18,25)26)20(24)21-10-9-13-5-7-16(27-2)17(11-13)28-3/h5-8,11-12H,4,9-10H2,1-3H3,(H,21,24)(H,22,23). The predicted molar refractivity (Wildman–Crippen MR) is 112 cm³/mol. The molecule has 2 aromatic carbocycles. The van der Waals surface area contributed by atoms with Crippen LogP contribution in [0.1, 0.15) is 12.5 Å². The topological polar surface area (TPSA) is 115 Å². The molecular formula is C20H23N3O6S. The zero-order chi connectivity index (χ0) is 21.7. The van der Waals surface area contributed by atoms with Gasteiger partial charge in [-0.2, -0.15) is 8.42 Å². The van der Waals surface area contributed by atoms with Crippen LogP contribution in [0.25, 0.3) is 0 Å². The van der Waals surface area contributed by atoms with Gasteiger partial charge in [-0.25, -0.2) is 0 Å². The molecule has 2 N–H and O–H groups in total. The van der Waals surface area contributed by atoms with Crippen LogP contribution in [0, 0.1) is 0 Å². The maximum absolute atomic E-state index is 12.5. The Morgan fingerprint density at radius 3 is 2.57 bits per heavy atom. The number of hydrogen-bond acceptors (Lipinski definition) is 7. The molecule has 0 atom stereocenters. The van der Waals surface area contributed by atoms with E-state index in [0.29, 0.717) is 30.3 Å². The molecule has 3 rings (SSSR count). The Bertz CT molecular complexity index is 1080. The number of nitrogens with one attached hydrogen (secondary N) is 2. The molecule has 0 bridgehead atoms. The first kappa shape index (κ1) is 21.4. The SMILES string of the molecule is CCOc1ccc2c(c1)NC(C(=O)NCCc1ccc(OC)c(OC)c1)=NS2(=O)=O. The van der Waals surface area contributed by atoms with Gasteiger partial charge in [-0.1, -0.05) is 6.07 Å². The quantitative estimate of drug-likeness (QED) is 0.654. The van der Waals surface area contributed by atoms with Crippen LogP contribution in [0.3, 0.4) is 0 Å². The normalized spacial score (nSPS) is 14.0. The van der Waals surface area contributed by atoms with E-state index in [4.69, 9.17) is 14.2 Å². The van der Waals surface area contributed by atoms with Crippen LogP contribution in [-0.2, 0) is 21.2 Å². The molecular weight excluding hydrogens is 410 g/mol. The van der Waals surface area contributed by atoms with Crippen molar-refractivity contribution in [3.8, 4) is 17.2 Å². The molecule has 0 aliphatic carbocycles. The largest absolute Gasteiger partial charge is 0.494 e. The van der Waals surface area contributed by atoms with Gasteiger partial charge in [-0.15, -0.1) is 4.40 Å². The minimum absolute atomic E-state index is 0.00664. The minimum Gasteiger partial charge on any atom is -0.494 e. The van der Waals surface area contributed by atoms with Crippen molar-refractivity contribution in [1.82, 2.24) is 5.32 Å². The van der Waals surface area contributed by atoms with Crippen LogP contribution in [-0.4, -0.2) is 47.5 Å². The van der Waals surface area contributed by atoms with Crippen LogP contribution >= 0.6 is 0 Å². The van der Waals surface area contributed by atoms with Crippen molar-refractivity contribution >= 4 is 27.5 Å². The number of amides is 1. The Morgan fingerprint density at radius 1 is 1.10 bits per heavy atom. The Balaban J connectivity index is 1.67. The number of rotatable bonds is 8. The number of methoxy groups -OCH3 is 2. The number of carbonyl (C=O) groups is 1. The Morgan fingerprint density at radius 2 is 1.87 bits per heavy atom. The molecule has 2 aromatic rings. The molecule has 10 heteroatoms. The summed E-state index contributed by atoms with van der Waals surface area (Å²) in [5, 5.41) is 5.45. The molecule has 30 heavy (non-hydrogen) atoms. The fourth-order valence-electron chi connectivity index (χ4n) is 2.95. The summed E-state index contributed by atoms with van der Waals surface area (Å²) < 4.78 is 44.3. The zero-order valence-corrected chi connectivity index (χ0v) is 17.7. The van der Waals surface area contributed by atoms with E-state index in [9.17, 15) is 13.2 Å². The van der Waals surface area contributed by atoms with Gasteiger partial charge in [0.2, 0.25) is 5.84 Å². The van der Waals surface area contributed by atoms with Gasteiger partial charge in [0.15, 0.2) is 11.5 Å². The molecule has 0 saturated carbocycles. The van der Waals surface area contributed by atoms with Crippen molar-refractivity contribution in [2.75, 3.05) is 32.7 Å². The maximum atomic E-state index is 12.5. The highest BCUT2D eigenvalue weighted by molar-refractivity contribution is 7.90. The number of sulfonamides is 1. The molecule has 1 heterocycles. The number of ether oxygens (including phenoxy) is 3. The molecule has 1 aliphatic rings. The third-order valence-corrected chi connectivity index (χ3v) is 5.70. The molecule has 0 spiro atoms. The van der Waals surface area contributed by atoms with Gasteiger partial charge in [0.25, 0.3) is 15.9 Å². The Hall–Kier alpha value is -3.27. The van der Waals surface area contributed by atoms with Crippen molar-refractivity contribution in [1.29, 1.82) is 0 Å². The van der Waals surface area contributed by atoms with E-state index in [-0.39, 0.29) is 23.0 Å². The van der Waals surface area contributed by atoms with E-state index >= 15 is 0 Å². The Kier molecular flexibility index (Phi) is 6.46. The third-order valence-electron chi connectivity index (χ3n) is 4.37. The lowest BCUT2D eigenvalue weighted by atomic mass is 10.1. The lowest BCUT2D eigenvalue weighted by Crippen LogP contribution is -2.39. The number of carbonyl (C=O) groups excluding carboxylic acids is 1. The van der Waals surface area contributed by atoms with Crippen molar-refractivity contribution in [3.05, 3.63) is 42.0 Å². The molecule has 0 saturated heterocycles. The first-order valence-electron chi connectivity index (χ1n) is 9.26. The van der Waals surface area contributed by atoms with Crippen LogP contribution in [0.4, 0.5) is 5.69 Å². The van der Waals surface area contributed by atoms with E-state index in [0.717, 1.165) is 5.56 Å². The second-order valence-corrected chi connectivity index (χ2v) is 7.90. The first-order valence-corrected chi connectivity index (χ1v) is 10.7. The van der Waals surface area contributed by atoms with Gasteiger partial charge in [0.05, 0.1) is 26.5 Å². The molecule has 160 valence electrons. The summed E-state index contributed by atoms with van der Waals surface area (Å²) >= 11 is 0. The highest BCUT2D eigenvalue weighted by Crippen LogP contribution is 2.31. The highest BCUT2D eigenvalue weighted by atomic mass is 32.2. The van der Waals surface area contributed by atoms with Gasteiger partial charge in [0, 0.05) is 12.6 Å². The molecule has 9 nitrogen and oxygen atoms in total. The van der Waals surface area contributed by atoms with Gasteiger partial charge >= 0.3 is 0 Å². The predicted octanol–water partition coefficient (Wildman–Crippen LogP) is 1.97. The summed E-state index contributed by atoms with van der Waals surface area (Å²) in [6.07, 6.45) is 0.511. The molecule has 1 amide bonds. The van der Waals surface area contributed by atoms with Crippen molar-refractivity contribution < 1.29 is 27.4 Å². The minimum atomic E-state index is -3.98. The fraction of sp³-hybridized carbons (Fsp3) is 0.300. The average molecular weight is 433 g/mol. The summed E-state index contributed by atoms with van der Waals surface area (Å²) in [5.74, 6) is 0.790. The number of benzene rings is 2. The van der Waals surface area contributed by atoms with Crippen LogP contribution in [0.15, 0.2) is 45.7 Å². The number of hydrogen-bond donors (Lipinski definition) is 2. The van der Waals surface area contributed by atoms with E-state index in [1.807, 2.05) is 19.1 Å². The monoisotopic (exact) mass is 433 g/mol. The second-order valence-electron chi connectivity index (χ2n) is 6.33. The van der Waals surface area contributed by atoms with Gasteiger partial charge in [0.1, 0.15) is 10.6 Å². The lowest BCUT2D eigenvalue weighted by Gasteiger charge is -2.18. The summed E-state index contributed by atoms with van der Waals surface area (Å²) in [7, 11) is -0.881. The fourth-order valence-corrected chi connectivity index (χ4v) is 4.04. The number of amidine groups is 1. The average Bonchev–Trinajstić information content (AvgIpc) is 2.73. The van der Waals surface area contributed by atoms with E-state index < -0.39 is 15.9 Å². The second kappa shape index (κ2) is 9.04. The first-order chi connectivity index (χ1) is 14.4. The summed E-state index contributed by atoms with van der Waals surface area (Å²) in [6, 6.07) is 9.94. The smallest absolute Gasteiger partial charge is 0.287 e. The zero-order valence-electron chi connectivity index (χ0n) is 16.9. The number of nitrogens with zero attached hydrogens (tertiary/aromatic N) is 1. The summed E-state index contributed by atoms with van der Waals surface area (Å²) in [5.41, 5.74) is 1.17. The van der Waals surface area contributed by atoms with E-state index in [1.54, 1.807) is 26.4 Å². The van der Waals surface area contributed by atoms with Crippen LogP contribution in [0.5, 0.6) is 17.2 Å². The Labute approximate surface area is 175 Å². The lowest BCUT2D eigenvalue weighted by molar-refractivity contribution is -0.114. The van der Waals surface area contributed by atoms with Crippen molar-refractivity contribution in [2.45, 2.75) is 18.2 Å². The third kappa shape index (κ3) is 4.65. The molecule has 1 aliphatic heterocycles. The summed E-state index contributed by atoms with van der Waals surface area (Å²) in [6.45, 7) is 2.53. The maximum Gasteiger partial charge on any atom is 0.287 e. The van der Waals surface area contributed by atoms with Crippen LogP contribution < -0.4 is 24.8 Å². The van der Waals surface area contributed by atoms with E-state index in [2.05, 4.69) is 15.0 Å².